The minimum Gasteiger partial charge on any atom is -0.480 e. The molecule has 4 fully saturated rings. The third-order valence-electron chi connectivity index (χ3n) is 14.9. The van der Waals surface area contributed by atoms with Crippen molar-refractivity contribution in [2.45, 2.75) is 188 Å². The summed E-state index contributed by atoms with van der Waals surface area (Å²) in [6, 6.07) is 6.63. The van der Waals surface area contributed by atoms with Gasteiger partial charge >= 0.3 is 11.9 Å². The van der Waals surface area contributed by atoms with Crippen molar-refractivity contribution in [1.82, 2.24) is 21.3 Å². The Bertz CT molecular complexity index is 1770. The number of hydrogen-bond acceptors (Lipinski definition) is 9. The molecule has 0 unspecified atom stereocenters. The van der Waals surface area contributed by atoms with E-state index < -0.39 is 36.1 Å². The SMILES string of the molecule is CC[C@@H]1CCC[C@H]1C(=O)N[C@H](C)C(=O)CC[C@@H]1CCC[C@H]1C(=O)N[C@H](C)C(=O)CC[C@@H]1CCC[C@H]1C(=O)N[C@H](C)C(=O)OCc1ccccc1.CC[C@@H]1CCC[C@H]1C(=O)N[C@H](C)C(=O)O. The first-order chi connectivity index (χ1) is 31.0. The number of hydrogen-bond donors (Lipinski definition) is 5. The predicted molar refractivity (Wildman–Crippen MR) is 247 cm³/mol. The van der Waals surface area contributed by atoms with E-state index in [0.717, 1.165) is 89.0 Å². The molecule has 65 heavy (non-hydrogen) atoms. The molecule has 0 bridgehead atoms. The van der Waals surface area contributed by atoms with Gasteiger partial charge in [0, 0.05) is 36.5 Å². The molecule has 4 saturated carbocycles. The van der Waals surface area contributed by atoms with Crippen LogP contribution in [0.2, 0.25) is 0 Å². The van der Waals surface area contributed by atoms with Gasteiger partial charge < -0.3 is 31.1 Å². The topological polar surface area (TPSA) is 214 Å². The van der Waals surface area contributed by atoms with Crippen LogP contribution in [0.3, 0.4) is 0 Å². The fourth-order valence-electron chi connectivity index (χ4n) is 10.7. The second-order valence-electron chi connectivity index (χ2n) is 19.4. The molecule has 5 N–H and O–H groups in total. The van der Waals surface area contributed by atoms with E-state index in [2.05, 4.69) is 35.1 Å². The van der Waals surface area contributed by atoms with E-state index in [0.29, 0.717) is 37.5 Å². The first-order valence-electron chi connectivity index (χ1n) is 24.7. The molecular weight excluding hydrogens is 829 g/mol. The molecule has 0 aliphatic heterocycles. The van der Waals surface area contributed by atoms with E-state index >= 15 is 0 Å². The van der Waals surface area contributed by atoms with Crippen LogP contribution in [0.15, 0.2) is 30.3 Å². The van der Waals surface area contributed by atoms with Crippen molar-refractivity contribution in [2.75, 3.05) is 0 Å². The Balaban J connectivity index is 0.000000521. The third-order valence-corrected chi connectivity index (χ3v) is 14.9. The minimum atomic E-state index is -0.977. The van der Waals surface area contributed by atoms with E-state index in [9.17, 15) is 38.4 Å². The van der Waals surface area contributed by atoms with E-state index in [4.69, 9.17) is 9.84 Å². The van der Waals surface area contributed by atoms with Gasteiger partial charge in [0.2, 0.25) is 23.6 Å². The van der Waals surface area contributed by atoms with Crippen LogP contribution >= 0.6 is 0 Å². The van der Waals surface area contributed by atoms with Gasteiger partial charge in [-0.2, -0.15) is 0 Å². The van der Waals surface area contributed by atoms with Gasteiger partial charge in [0.25, 0.3) is 0 Å². The van der Waals surface area contributed by atoms with Gasteiger partial charge in [-0.3, -0.25) is 33.6 Å². The average Bonchev–Trinajstić information content (AvgIpc) is 4.14. The second-order valence-corrected chi connectivity index (χ2v) is 19.4. The Labute approximate surface area is 386 Å². The van der Waals surface area contributed by atoms with Crippen molar-refractivity contribution in [2.24, 2.45) is 47.3 Å². The zero-order chi connectivity index (χ0) is 47.6. The normalized spacial score (nSPS) is 26.6. The number of aliphatic carboxylic acids is 1. The number of amides is 4. The Morgan fingerprint density at radius 3 is 1.26 bits per heavy atom. The number of carboxylic acid groups (broad SMARTS) is 1. The summed E-state index contributed by atoms with van der Waals surface area (Å²) in [7, 11) is 0. The summed E-state index contributed by atoms with van der Waals surface area (Å²) < 4.78 is 5.37. The molecule has 0 saturated heterocycles. The van der Waals surface area contributed by atoms with Crippen molar-refractivity contribution in [3.63, 3.8) is 0 Å². The molecule has 4 amide bonds. The molecule has 14 heteroatoms. The van der Waals surface area contributed by atoms with Crippen molar-refractivity contribution < 1.29 is 48.2 Å². The number of Topliss-reactive ketones (excluding diaryl/α,β-unsaturated/α-hetero) is 2. The van der Waals surface area contributed by atoms with Crippen LogP contribution in [0.4, 0.5) is 0 Å². The lowest BCUT2D eigenvalue weighted by molar-refractivity contribution is -0.149. The second kappa shape index (κ2) is 26.5. The number of benzene rings is 1. The number of ketones is 2. The van der Waals surface area contributed by atoms with Gasteiger partial charge in [0.1, 0.15) is 18.7 Å². The number of ether oxygens (including phenoxy) is 1. The number of carbonyl (C=O) groups is 8. The third kappa shape index (κ3) is 16.0. The molecule has 1 aromatic rings. The molecule has 362 valence electrons. The molecule has 14 nitrogen and oxygen atoms in total. The molecule has 0 spiro atoms. The smallest absolute Gasteiger partial charge is 0.328 e. The first kappa shape index (κ1) is 53.0. The number of nitrogens with one attached hydrogen (secondary N) is 4. The molecular formula is C51H78N4O10. The highest BCUT2D eigenvalue weighted by molar-refractivity contribution is 5.91. The summed E-state index contributed by atoms with van der Waals surface area (Å²) in [6.45, 7) is 10.9. The van der Waals surface area contributed by atoms with Crippen LogP contribution in [0.25, 0.3) is 0 Å². The molecule has 1 aromatic carbocycles. The monoisotopic (exact) mass is 907 g/mol. The zero-order valence-electron chi connectivity index (χ0n) is 39.9. The molecule has 5 rings (SSSR count). The molecule has 0 radical (unpaired) electrons. The molecule has 4 aliphatic rings. The van der Waals surface area contributed by atoms with Gasteiger partial charge in [-0.15, -0.1) is 0 Å². The number of rotatable bonds is 22. The van der Waals surface area contributed by atoms with Crippen LogP contribution in [0, 0.1) is 47.3 Å². The van der Waals surface area contributed by atoms with Gasteiger partial charge in [-0.25, -0.2) is 4.79 Å². The quantitative estimate of drug-likeness (QED) is 0.0751. The number of carboxylic acids is 1. The van der Waals surface area contributed by atoms with Gasteiger partial charge in [-0.05, 0) is 121 Å². The molecule has 12 atom stereocenters. The minimum absolute atomic E-state index is 0.00113. The number of carbonyl (C=O) groups excluding carboxylic acids is 7. The van der Waals surface area contributed by atoms with Crippen LogP contribution in [0.5, 0.6) is 0 Å². The maximum absolute atomic E-state index is 13.3. The fourth-order valence-corrected chi connectivity index (χ4v) is 10.7. The summed E-state index contributed by atoms with van der Waals surface area (Å²) >= 11 is 0. The summed E-state index contributed by atoms with van der Waals surface area (Å²) in [5.74, 6) is -1.52. The van der Waals surface area contributed by atoms with Crippen LogP contribution < -0.4 is 21.3 Å². The van der Waals surface area contributed by atoms with E-state index in [1.54, 1.807) is 20.8 Å². The number of esters is 1. The van der Waals surface area contributed by atoms with Crippen molar-refractivity contribution in [3.05, 3.63) is 35.9 Å². The molecule has 0 aromatic heterocycles. The summed E-state index contributed by atoms with van der Waals surface area (Å²) in [5, 5.41) is 19.9. The lowest BCUT2D eigenvalue weighted by atomic mass is 9.88. The highest BCUT2D eigenvalue weighted by atomic mass is 16.5. The van der Waals surface area contributed by atoms with E-state index in [-0.39, 0.29) is 83.7 Å². The standard InChI is InChI=1S/C40H59N3O7.C11H19NO3/c1-5-29-14-9-17-32(29)37(46)41-25(2)35(44)22-20-30-15-10-18-33(30)38(47)42-26(3)36(45)23-21-31-16-11-19-34(31)39(48)43-27(4)40(49)50-24-28-12-7-6-8-13-28;1-3-8-5-4-6-9(8)10(13)12-7(2)11(14)15/h6-8,12-13,25-27,29-34H,5,9-11,14-24H2,1-4H3,(H,41,46)(H,42,47)(H,43,48);7-9H,3-6H2,1-2H3,(H,12,13)(H,14,15)/t25-,26-,27-,29-,30+,31+,32-,33-,34-;7-,8-,9-/m11/s1. The Hall–Kier alpha value is -4.62. The highest BCUT2D eigenvalue weighted by Gasteiger charge is 2.38. The fraction of sp³-hybridized carbons (Fsp3) is 0.725. The zero-order valence-corrected chi connectivity index (χ0v) is 39.9. The van der Waals surface area contributed by atoms with Crippen molar-refractivity contribution in [3.8, 4) is 0 Å². The summed E-state index contributed by atoms with van der Waals surface area (Å²) in [6.07, 6.45) is 14.7. The average molecular weight is 907 g/mol. The maximum atomic E-state index is 13.3. The lowest BCUT2D eigenvalue weighted by Crippen LogP contribution is -2.44. The Morgan fingerprint density at radius 2 is 0.877 bits per heavy atom. The van der Waals surface area contributed by atoms with Crippen LogP contribution in [-0.2, 0) is 49.7 Å². The van der Waals surface area contributed by atoms with Gasteiger partial charge in [0.15, 0.2) is 11.6 Å². The molecule has 0 heterocycles. The largest absolute Gasteiger partial charge is 0.480 e. The van der Waals surface area contributed by atoms with E-state index in [1.807, 2.05) is 30.3 Å². The van der Waals surface area contributed by atoms with Crippen molar-refractivity contribution in [1.29, 1.82) is 0 Å². The maximum Gasteiger partial charge on any atom is 0.328 e. The highest BCUT2D eigenvalue weighted by Crippen LogP contribution is 2.38. The Morgan fingerprint density at radius 1 is 0.523 bits per heavy atom. The first-order valence-corrected chi connectivity index (χ1v) is 24.7. The summed E-state index contributed by atoms with van der Waals surface area (Å²) in [4.78, 5) is 100. The van der Waals surface area contributed by atoms with Crippen LogP contribution in [-0.4, -0.2) is 76.4 Å². The lowest BCUT2D eigenvalue weighted by Gasteiger charge is -2.24. The summed E-state index contributed by atoms with van der Waals surface area (Å²) in [5.41, 5.74) is 0.872. The van der Waals surface area contributed by atoms with Crippen molar-refractivity contribution >= 4 is 47.1 Å². The Kier molecular flexibility index (Phi) is 21.6. The van der Waals surface area contributed by atoms with Crippen LogP contribution in [0.1, 0.15) is 163 Å². The van der Waals surface area contributed by atoms with Gasteiger partial charge in [-0.1, -0.05) is 82.7 Å². The molecule has 4 aliphatic carbocycles. The predicted octanol–water partition coefficient (Wildman–Crippen LogP) is 7.00. The van der Waals surface area contributed by atoms with Gasteiger partial charge in [0.05, 0.1) is 12.1 Å². The van der Waals surface area contributed by atoms with E-state index in [1.165, 1.54) is 6.92 Å².